The van der Waals surface area contributed by atoms with Gasteiger partial charge in [-0.15, -0.1) is 0 Å². The van der Waals surface area contributed by atoms with Crippen molar-refractivity contribution in [1.29, 1.82) is 0 Å². The van der Waals surface area contributed by atoms with Crippen LogP contribution in [0.3, 0.4) is 0 Å². The molecule has 0 fully saturated rings. The van der Waals surface area contributed by atoms with Gasteiger partial charge in [0.1, 0.15) is 0 Å². The fourth-order valence-electron chi connectivity index (χ4n) is 2.55. The lowest BCUT2D eigenvalue weighted by Gasteiger charge is -2.35. The molecule has 0 bridgehead atoms. The minimum absolute atomic E-state index is 0.146. The van der Waals surface area contributed by atoms with Crippen LogP contribution in [0.4, 0.5) is 0 Å². The lowest BCUT2D eigenvalue weighted by molar-refractivity contribution is 0.163. The molecular formula is C19H28O. The maximum absolute atomic E-state index is 10.0. The zero-order valence-corrected chi connectivity index (χ0v) is 13.5. The summed E-state index contributed by atoms with van der Waals surface area (Å²) in [5.41, 5.74) is 4.77. The molecule has 1 rings (SSSR count). The van der Waals surface area contributed by atoms with E-state index in [0.29, 0.717) is 0 Å². The molecule has 0 aromatic heterocycles. The maximum atomic E-state index is 10.0. The Morgan fingerprint density at radius 3 is 2.55 bits per heavy atom. The minimum Gasteiger partial charge on any atom is -0.389 e. The van der Waals surface area contributed by atoms with Gasteiger partial charge < -0.3 is 5.11 Å². The van der Waals surface area contributed by atoms with Crippen molar-refractivity contribution in [2.75, 3.05) is 0 Å². The number of aliphatic hydroxyl groups excluding tert-OH is 1. The molecule has 0 heterocycles. The minimum atomic E-state index is -0.282. The van der Waals surface area contributed by atoms with Gasteiger partial charge >= 0.3 is 0 Å². The molecule has 1 atom stereocenters. The molecule has 1 N–H and O–H groups in total. The average Bonchev–Trinajstić information content (AvgIpc) is 2.33. The number of allylic oxidation sites excluding steroid dienone is 8. The van der Waals surface area contributed by atoms with Crippen LogP contribution in [0, 0.1) is 5.41 Å². The van der Waals surface area contributed by atoms with Crippen LogP contribution < -0.4 is 0 Å². The second kappa shape index (κ2) is 6.90. The van der Waals surface area contributed by atoms with E-state index in [9.17, 15) is 5.11 Å². The van der Waals surface area contributed by atoms with Gasteiger partial charge in [-0.2, -0.15) is 0 Å². The quantitative estimate of drug-likeness (QED) is 0.704. The van der Waals surface area contributed by atoms with Crippen molar-refractivity contribution in [2.24, 2.45) is 5.41 Å². The molecule has 110 valence electrons. The summed E-state index contributed by atoms with van der Waals surface area (Å²) in [5.74, 6) is 0. The molecule has 0 spiro atoms. The zero-order chi connectivity index (χ0) is 15.3. The van der Waals surface area contributed by atoms with Crippen LogP contribution in [0.15, 0.2) is 59.3 Å². The Morgan fingerprint density at radius 2 is 1.95 bits per heavy atom. The Hall–Kier alpha value is -1.34. The summed E-state index contributed by atoms with van der Waals surface area (Å²) in [6.07, 6.45) is 12.0. The van der Waals surface area contributed by atoms with Crippen molar-refractivity contribution in [3.8, 4) is 0 Å². The molecule has 1 nitrogen and oxygen atoms in total. The van der Waals surface area contributed by atoms with Gasteiger partial charge in [-0.25, -0.2) is 0 Å². The van der Waals surface area contributed by atoms with Gasteiger partial charge in [0.15, 0.2) is 0 Å². The smallest absolute Gasteiger partial charge is 0.0753 e. The SMILES string of the molecule is C=C(C)/C=C/C=C(C)/C=C/C1=C(C)C(O)CCC1(C)C. The summed E-state index contributed by atoms with van der Waals surface area (Å²) >= 11 is 0. The standard InChI is InChI=1S/C19H28O/c1-14(2)8-7-9-15(3)10-11-17-16(4)18(20)12-13-19(17,5)6/h7-11,18,20H,1,12-13H2,2-6H3/b8-7+,11-10+,15-9+. The first-order chi connectivity index (χ1) is 9.24. The van der Waals surface area contributed by atoms with Crippen molar-refractivity contribution in [2.45, 2.75) is 53.6 Å². The zero-order valence-electron chi connectivity index (χ0n) is 13.5. The second-order valence-corrected chi connectivity index (χ2v) is 6.48. The number of hydrogen-bond acceptors (Lipinski definition) is 1. The van der Waals surface area contributed by atoms with Gasteiger partial charge in [0, 0.05) is 0 Å². The van der Waals surface area contributed by atoms with Gasteiger partial charge in [-0.05, 0) is 50.2 Å². The van der Waals surface area contributed by atoms with Crippen molar-refractivity contribution in [1.82, 2.24) is 0 Å². The Kier molecular flexibility index (Phi) is 5.76. The molecule has 0 radical (unpaired) electrons. The fraction of sp³-hybridized carbons (Fsp3) is 0.474. The third kappa shape index (κ3) is 4.64. The lowest BCUT2D eigenvalue weighted by Crippen LogP contribution is -2.27. The average molecular weight is 272 g/mol. The van der Waals surface area contributed by atoms with E-state index >= 15 is 0 Å². The molecule has 1 heteroatoms. The number of rotatable bonds is 4. The van der Waals surface area contributed by atoms with E-state index in [1.807, 2.05) is 26.0 Å². The van der Waals surface area contributed by atoms with E-state index < -0.39 is 0 Å². The molecule has 0 saturated carbocycles. The number of hydrogen-bond donors (Lipinski definition) is 1. The van der Waals surface area contributed by atoms with Gasteiger partial charge in [-0.1, -0.05) is 62.0 Å². The molecule has 1 aliphatic carbocycles. The highest BCUT2D eigenvalue weighted by Crippen LogP contribution is 2.40. The Balaban J connectivity index is 2.92. The summed E-state index contributed by atoms with van der Waals surface area (Å²) in [6, 6.07) is 0. The van der Waals surface area contributed by atoms with Crippen molar-refractivity contribution in [3.05, 3.63) is 59.3 Å². The monoisotopic (exact) mass is 272 g/mol. The molecule has 0 aliphatic heterocycles. The fourth-order valence-corrected chi connectivity index (χ4v) is 2.55. The highest BCUT2D eigenvalue weighted by molar-refractivity contribution is 5.38. The third-order valence-corrected chi connectivity index (χ3v) is 3.95. The van der Waals surface area contributed by atoms with Gasteiger partial charge in [0.05, 0.1) is 6.10 Å². The van der Waals surface area contributed by atoms with Crippen LogP contribution >= 0.6 is 0 Å². The van der Waals surface area contributed by atoms with Crippen LogP contribution in [-0.2, 0) is 0 Å². The highest BCUT2D eigenvalue weighted by atomic mass is 16.3. The first-order valence-electron chi connectivity index (χ1n) is 7.32. The Bertz CT molecular complexity index is 484. The predicted molar refractivity (Wildman–Crippen MR) is 88.6 cm³/mol. The Morgan fingerprint density at radius 1 is 1.30 bits per heavy atom. The van der Waals surface area contributed by atoms with Crippen LogP contribution in [0.2, 0.25) is 0 Å². The third-order valence-electron chi connectivity index (χ3n) is 3.95. The normalized spacial score (nSPS) is 23.9. The van der Waals surface area contributed by atoms with E-state index in [1.54, 1.807) is 0 Å². The molecule has 0 aromatic rings. The molecule has 0 saturated heterocycles. The largest absolute Gasteiger partial charge is 0.389 e. The van der Waals surface area contributed by atoms with E-state index in [1.165, 1.54) is 11.1 Å². The van der Waals surface area contributed by atoms with Gasteiger partial charge in [0.2, 0.25) is 0 Å². The maximum Gasteiger partial charge on any atom is 0.0753 e. The molecule has 1 aliphatic rings. The lowest BCUT2D eigenvalue weighted by atomic mass is 9.71. The van der Waals surface area contributed by atoms with Crippen LogP contribution in [0.5, 0.6) is 0 Å². The number of aliphatic hydroxyl groups is 1. The van der Waals surface area contributed by atoms with E-state index in [4.69, 9.17) is 0 Å². The van der Waals surface area contributed by atoms with E-state index in [2.05, 4.69) is 45.6 Å². The van der Waals surface area contributed by atoms with E-state index in [-0.39, 0.29) is 11.5 Å². The summed E-state index contributed by atoms with van der Waals surface area (Å²) in [6.45, 7) is 14.5. The molecule has 0 amide bonds. The topological polar surface area (TPSA) is 20.2 Å². The summed E-state index contributed by atoms with van der Waals surface area (Å²) < 4.78 is 0. The van der Waals surface area contributed by atoms with Crippen molar-refractivity contribution >= 4 is 0 Å². The summed E-state index contributed by atoms with van der Waals surface area (Å²) in [5, 5.41) is 10.0. The summed E-state index contributed by atoms with van der Waals surface area (Å²) in [7, 11) is 0. The molecule has 1 unspecified atom stereocenters. The highest BCUT2D eigenvalue weighted by Gasteiger charge is 2.30. The van der Waals surface area contributed by atoms with Crippen LogP contribution in [-0.4, -0.2) is 11.2 Å². The molecule has 20 heavy (non-hydrogen) atoms. The molecular weight excluding hydrogens is 244 g/mol. The van der Waals surface area contributed by atoms with Gasteiger partial charge in [0.25, 0.3) is 0 Å². The van der Waals surface area contributed by atoms with Crippen LogP contribution in [0.25, 0.3) is 0 Å². The molecule has 0 aromatic carbocycles. The van der Waals surface area contributed by atoms with Gasteiger partial charge in [-0.3, -0.25) is 0 Å². The first-order valence-corrected chi connectivity index (χ1v) is 7.32. The first kappa shape index (κ1) is 16.7. The predicted octanol–water partition coefficient (Wildman–Crippen LogP) is 5.12. The van der Waals surface area contributed by atoms with Crippen molar-refractivity contribution < 1.29 is 5.11 Å². The Labute approximate surface area is 124 Å². The van der Waals surface area contributed by atoms with Crippen LogP contribution in [0.1, 0.15) is 47.5 Å². The summed E-state index contributed by atoms with van der Waals surface area (Å²) in [4.78, 5) is 0. The van der Waals surface area contributed by atoms with Crippen molar-refractivity contribution in [3.63, 3.8) is 0 Å². The van der Waals surface area contributed by atoms with E-state index in [0.717, 1.165) is 24.0 Å². The second-order valence-electron chi connectivity index (χ2n) is 6.48.